The first-order chi connectivity index (χ1) is 16.0. The number of carbonyl (C=O) groups is 1. The van der Waals surface area contributed by atoms with Crippen molar-refractivity contribution in [3.8, 4) is 28.7 Å². The SMILES string of the molecule is CCOC(=O)/C=C/c1ccc2c(c1)O[C@H](c1cc(OC)c(OCOC)c(OC)c1)[C@@H](CO)O2. The summed E-state index contributed by atoms with van der Waals surface area (Å²) < 4.78 is 38.6. The van der Waals surface area contributed by atoms with Crippen molar-refractivity contribution in [2.24, 2.45) is 0 Å². The fourth-order valence-corrected chi connectivity index (χ4v) is 3.35. The number of methoxy groups -OCH3 is 3. The van der Waals surface area contributed by atoms with Crippen LogP contribution in [-0.4, -0.2) is 58.5 Å². The molecular weight excluding hydrogens is 432 g/mol. The molecule has 0 saturated carbocycles. The number of hydrogen-bond acceptors (Lipinski definition) is 9. The van der Waals surface area contributed by atoms with E-state index in [2.05, 4.69) is 0 Å². The fourth-order valence-electron chi connectivity index (χ4n) is 3.35. The molecule has 2 aromatic rings. The Morgan fingerprint density at radius 3 is 2.39 bits per heavy atom. The molecule has 9 heteroatoms. The first-order valence-corrected chi connectivity index (χ1v) is 10.3. The van der Waals surface area contributed by atoms with Crippen LogP contribution in [0, 0.1) is 0 Å². The second-order valence-electron chi connectivity index (χ2n) is 6.97. The fraction of sp³-hybridized carbons (Fsp3) is 0.375. The van der Waals surface area contributed by atoms with E-state index in [9.17, 15) is 9.90 Å². The summed E-state index contributed by atoms with van der Waals surface area (Å²) in [6.07, 6.45) is 1.64. The van der Waals surface area contributed by atoms with Gasteiger partial charge in [0.15, 0.2) is 42.0 Å². The molecule has 2 atom stereocenters. The molecule has 0 amide bonds. The summed E-state index contributed by atoms with van der Waals surface area (Å²) in [7, 11) is 4.54. The zero-order valence-electron chi connectivity index (χ0n) is 19.0. The number of benzene rings is 2. The molecule has 1 aliphatic rings. The number of ether oxygens (including phenoxy) is 7. The van der Waals surface area contributed by atoms with E-state index in [1.807, 2.05) is 0 Å². The topological polar surface area (TPSA) is 102 Å². The zero-order chi connectivity index (χ0) is 23.8. The van der Waals surface area contributed by atoms with E-state index in [0.717, 1.165) is 5.56 Å². The second-order valence-corrected chi connectivity index (χ2v) is 6.97. The van der Waals surface area contributed by atoms with Crippen molar-refractivity contribution in [1.29, 1.82) is 0 Å². The highest BCUT2D eigenvalue weighted by molar-refractivity contribution is 5.87. The van der Waals surface area contributed by atoms with Crippen LogP contribution in [0.25, 0.3) is 6.08 Å². The van der Waals surface area contributed by atoms with Gasteiger partial charge in [-0.25, -0.2) is 4.79 Å². The highest BCUT2D eigenvalue weighted by Crippen LogP contribution is 2.45. The van der Waals surface area contributed by atoms with Gasteiger partial charge in [-0.3, -0.25) is 0 Å². The van der Waals surface area contributed by atoms with Crippen LogP contribution < -0.4 is 23.7 Å². The lowest BCUT2D eigenvalue weighted by molar-refractivity contribution is -0.137. The Kier molecular flexibility index (Phi) is 8.39. The summed E-state index contributed by atoms with van der Waals surface area (Å²) in [6, 6.07) is 8.72. The van der Waals surface area contributed by atoms with Gasteiger partial charge in [0.1, 0.15) is 0 Å². The molecule has 0 bridgehead atoms. The lowest BCUT2D eigenvalue weighted by atomic mass is 10.0. The minimum absolute atomic E-state index is 0.0177. The Labute approximate surface area is 192 Å². The van der Waals surface area contributed by atoms with Crippen LogP contribution >= 0.6 is 0 Å². The van der Waals surface area contributed by atoms with Crippen LogP contribution in [0.2, 0.25) is 0 Å². The molecule has 178 valence electrons. The molecule has 9 nitrogen and oxygen atoms in total. The Hall–Kier alpha value is -3.43. The summed E-state index contributed by atoms with van der Waals surface area (Å²) in [5, 5.41) is 9.95. The lowest BCUT2D eigenvalue weighted by Crippen LogP contribution is -2.36. The molecular formula is C24H28O9. The summed E-state index contributed by atoms with van der Waals surface area (Å²) in [5.41, 5.74) is 1.38. The number of fused-ring (bicyclic) bond motifs is 1. The zero-order valence-corrected chi connectivity index (χ0v) is 19.0. The van der Waals surface area contributed by atoms with Gasteiger partial charge in [-0.1, -0.05) is 6.07 Å². The van der Waals surface area contributed by atoms with Crippen LogP contribution in [0.15, 0.2) is 36.4 Å². The van der Waals surface area contributed by atoms with Crippen LogP contribution in [0.1, 0.15) is 24.2 Å². The van der Waals surface area contributed by atoms with Crippen LogP contribution in [-0.2, 0) is 14.3 Å². The number of aliphatic hydroxyl groups is 1. The monoisotopic (exact) mass is 460 g/mol. The van der Waals surface area contributed by atoms with E-state index >= 15 is 0 Å². The molecule has 0 fully saturated rings. The lowest BCUT2D eigenvalue weighted by Gasteiger charge is -2.34. The maximum Gasteiger partial charge on any atom is 0.330 e. The van der Waals surface area contributed by atoms with E-state index in [4.69, 9.17) is 33.2 Å². The Morgan fingerprint density at radius 2 is 1.79 bits per heavy atom. The minimum Gasteiger partial charge on any atom is -0.493 e. The molecule has 0 aromatic heterocycles. The van der Waals surface area contributed by atoms with Gasteiger partial charge in [0, 0.05) is 18.7 Å². The molecule has 1 N–H and O–H groups in total. The maximum absolute atomic E-state index is 11.6. The van der Waals surface area contributed by atoms with Gasteiger partial charge in [0.25, 0.3) is 0 Å². The number of rotatable bonds is 10. The highest BCUT2D eigenvalue weighted by Gasteiger charge is 2.34. The number of aliphatic hydroxyl groups excluding tert-OH is 1. The predicted octanol–water partition coefficient (Wildman–Crippen LogP) is 3.14. The molecule has 0 spiro atoms. The third-order valence-electron chi connectivity index (χ3n) is 4.85. The summed E-state index contributed by atoms with van der Waals surface area (Å²) in [6.45, 7) is 1.79. The number of hydrogen-bond donors (Lipinski definition) is 1. The summed E-state index contributed by atoms with van der Waals surface area (Å²) in [4.78, 5) is 11.6. The molecule has 2 aromatic carbocycles. The van der Waals surface area contributed by atoms with Gasteiger partial charge < -0.3 is 38.3 Å². The Balaban J connectivity index is 1.93. The second kappa shape index (κ2) is 11.4. The first-order valence-electron chi connectivity index (χ1n) is 10.3. The molecule has 3 rings (SSSR count). The van der Waals surface area contributed by atoms with Crippen molar-refractivity contribution in [3.05, 3.63) is 47.5 Å². The van der Waals surface area contributed by atoms with E-state index in [0.29, 0.717) is 40.9 Å². The molecule has 1 aliphatic heterocycles. The van der Waals surface area contributed by atoms with Gasteiger partial charge in [0.05, 0.1) is 27.4 Å². The third-order valence-corrected chi connectivity index (χ3v) is 4.85. The average molecular weight is 460 g/mol. The molecule has 0 radical (unpaired) electrons. The van der Waals surface area contributed by atoms with Crippen molar-refractivity contribution in [2.75, 3.05) is 41.3 Å². The van der Waals surface area contributed by atoms with E-state index < -0.39 is 18.2 Å². The molecule has 0 unspecified atom stereocenters. The largest absolute Gasteiger partial charge is 0.493 e. The van der Waals surface area contributed by atoms with Crippen molar-refractivity contribution in [3.63, 3.8) is 0 Å². The van der Waals surface area contributed by atoms with E-state index in [1.165, 1.54) is 27.4 Å². The third kappa shape index (κ3) is 5.68. The van der Waals surface area contributed by atoms with E-state index in [1.54, 1.807) is 43.3 Å². The van der Waals surface area contributed by atoms with Gasteiger partial charge in [-0.15, -0.1) is 0 Å². The smallest absolute Gasteiger partial charge is 0.330 e. The molecule has 1 heterocycles. The van der Waals surface area contributed by atoms with Crippen molar-refractivity contribution < 1.29 is 43.1 Å². The van der Waals surface area contributed by atoms with Gasteiger partial charge in [0.2, 0.25) is 5.75 Å². The van der Waals surface area contributed by atoms with Crippen LogP contribution in [0.5, 0.6) is 28.7 Å². The number of carbonyl (C=O) groups excluding carboxylic acids is 1. The van der Waals surface area contributed by atoms with Crippen molar-refractivity contribution >= 4 is 12.0 Å². The normalized spacial score (nSPS) is 17.0. The van der Waals surface area contributed by atoms with E-state index in [-0.39, 0.29) is 13.4 Å². The highest BCUT2D eigenvalue weighted by atomic mass is 16.7. The first kappa shape index (κ1) is 24.2. The summed E-state index contributed by atoms with van der Waals surface area (Å²) in [5.74, 6) is 1.73. The Morgan fingerprint density at radius 1 is 1.06 bits per heavy atom. The van der Waals surface area contributed by atoms with Gasteiger partial charge >= 0.3 is 5.97 Å². The molecule has 33 heavy (non-hydrogen) atoms. The van der Waals surface area contributed by atoms with Crippen LogP contribution in [0.3, 0.4) is 0 Å². The minimum atomic E-state index is -0.668. The van der Waals surface area contributed by atoms with Crippen molar-refractivity contribution in [1.82, 2.24) is 0 Å². The number of esters is 1. The van der Waals surface area contributed by atoms with Gasteiger partial charge in [-0.2, -0.15) is 0 Å². The summed E-state index contributed by atoms with van der Waals surface area (Å²) >= 11 is 0. The standard InChI is InChI=1S/C24H28O9/c1-5-30-22(26)9-7-15-6-8-17-18(10-15)33-23(21(13-25)32-17)16-11-19(28-3)24(31-14-27-2)20(12-16)29-4/h6-12,21,23,25H,5,13-14H2,1-4H3/b9-7+/t21-,23-/m1/s1. The average Bonchev–Trinajstić information content (AvgIpc) is 2.84. The molecule has 0 saturated heterocycles. The quantitative estimate of drug-likeness (QED) is 0.325. The molecule has 0 aliphatic carbocycles. The van der Waals surface area contributed by atoms with Gasteiger partial charge in [-0.05, 0) is 42.8 Å². The predicted molar refractivity (Wildman–Crippen MR) is 119 cm³/mol. The Bertz CT molecular complexity index is 961. The maximum atomic E-state index is 11.6. The van der Waals surface area contributed by atoms with Crippen LogP contribution in [0.4, 0.5) is 0 Å². The van der Waals surface area contributed by atoms with Crippen molar-refractivity contribution in [2.45, 2.75) is 19.1 Å².